The van der Waals surface area contributed by atoms with E-state index in [4.69, 9.17) is 11.6 Å². The topological polar surface area (TPSA) is 37.0 Å². The number of hydrogen-bond donors (Lipinski definition) is 2. The van der Waals surface area contributed by atoms with Gasteiger partial charge in [-0.15, -0.1) is 0 Å². The van der Waals surface area contributed by atoms with Gasteiger partial charge >= 0.3 is 0 Å². The summed E-state index contributed by atoms with van der Waals surface area (Å²) in [6, 6.07) is 11.4. The van der Waals surface area contributed by atoms with Crippen molar-refractivity contribution in [3.8, 4) is 0 Å². The summed E-state index contributed by atoms with van der Waals surface area (Å²) in [5.74, 6) is 0.832. The van der Waals surface area contributed by atoms with E-state index in [1.807, 2.05) is 43.4 Å². The van der Waals surface area contributed by atoms with Crippen molar-refractivity contribution in [1.29, 1.82) is 0 Å². The quantitative estimate of drug-likeness (QED) is 0.852. The fraction of sp³-hybridized carbons (Fsp3) is 0.0833. The predicted molar refractivity (Wildman–Crippen MR) is 68.5 cm³/mol. The van der Waals surface area contributed by atoms with Crippen molar-refractivity contribution in [2.75, 3.05) is 17.7 Å². The molecule has 0 aliphatic heterocycles. The molecule has 0 saturated carbocycles. The molecule has 0 radical (unpaired) electrons. The third-order valence-corrected chi connectivity index (χ3v) is 2.40. The molecule has 0 fully saturated rings. The van der Waals surface area contributed by atoms with E-state index in [-0.39, 0.29) is 0 Å². The Kier molecular flexibility index (Phi) is 3.27. The lowest BCUT2D eigenvalue weighted by atomic mass is 10.3. The molecule has 0 amide bonds. The summed E-state index contributed by atoms with van der Waals surface area (Å²) in [6.07, 6.45) is 1.75. The molecule has 1 aromatic carbocycles. The van der Waals surface area contributed by atoms with Crippen LogP contribution in [-0.2, 0) is 0 Å². The number of hydrogen-bond acceptors (Lipinski definition) is 3. The molecular formula is C12H12ClN3. The minimum Gasteiger partial charge on any atom is -0.373 e. The van der Waals surface area contributed by atoms with Crippen molar-refractivity contribution in [3.63, 3.8) is 0 Å². The first-order valence-corrected chi connectivity index (χ1v) is 5.32. The van der Waals surface area contributed by atoms with E-state index in [1.54, 1.807) is 6.20 Å². The number of benzene rings is 1. The highest BCUT2D eigenvalue weighted by molar-refractivity contribution is 6.30. The normalized spacial score (nSPS) is 9.88. The van der Waals surface area contributed by atoms with Crippen molar-refractivity contribution < 1.29 is 0 Å². The summed E-state index contributed by atoms with van der Waals surface area (Å²) in [6.45, 7) is 0. The summed E-state index contributed by atoms with van der Waals surface area (Å²) < 4.78 is 0. The fourth-order valence-electron chi connectivity index (χ4n) is 1.34. The van der Waals surface area contributed by atoms with Gasteiger partial charge in [0.15, 0.2) is 0 Å². The van der Waals surface area contributed by atoms with Crippen molar-refractivity contribution >= 4 is 28.8 Å². The van der Waals surface area contributed by atoms with Crippen LogP contribution in [0.5, 0.6) is 0 Å². The average molecular weight is 234 g/mol. The second-order valence-electron chi connectivity index (χ2n) is 3.31. The molecule has 0 aliphatic rings. The number of anilines is 3. The number of nitrogens with one attached hydrogen (secondary N) is 2. The molecule has 2 rings (SSSR count). The molecule has 0 atom stereocenters. The van der Waals surface area contributed by atoms with Crippen LogP contribution in [0.2, 0.25) is 5.02 Å². The smallest absolute Gasteiger partial charge is 0.127 e. The first kappa shape index (κ1) is 10.8. The first-order chi connectivity index (χ1) is 7.78. The summed E-state index contributed by atoms with van der Waals surface area (Å²) in [5, 5.41) is 6.99. The molecule has 3 nitrogen and oxygen atoms in total. The van der Waals surface area contributed by atoms with Gasteiger partial charge in [-0.3, -0.25) is 0 Å². The molecule has 82 valence electrons. The van der Waals surface area contributed by atoms with Gasteiger partial charge in [0.25, 0.3) is 0 Å². The van der Waals surface area contributed by atoms with Crippen molar-refractivity contribution in [3.05, 3.63) is 47.6 Å². The monoisotopic (exact) mass is 233 g/mol. The zero-order chi connectivity index (χ0) is 11.4. The van der Waals surface area contributed by atoms with E-state index in [0.717, 1.165) is 22.2 Å². The standard InChI is InChI=1S/C12H12ClN3/c1-14-12-8-11(6-7-15-12)16-10-4-2-9(13)3-5-10/h2-8H,1H3,(H2,14,15,16). The van der Waals surface area contributed by atoms with Crippen LogP contribution < -0.4 is 10.6 Å². The molecule has 1 heterocycles. The van der Waals surface area contributed by atoms with Gasteiger partial charge in [0.1, 0.15) is 5.82 Å². The molecular weight excluding hydrogens is 222 g/mol. The lowest BCUT2D eigenvalue weighted by Crippen LogP contribution is -1.94. The Hall–Kier alpha value is -1.74. The Morgan fingerprint density at radius 3 is 2.50 bits per heavy atom. The van der Waals surface area contributed by atoms with Gasteiger partial charge in [-0.1, -0.05) is 11.6 Å². The number of pyridine rings is 1. The zero-order valence-corrected chi connectivity index (χ0v) is 9.62. The summed E-state index contributed by atoms with van der Waals surface area (Å²) in [7, 11) is 1.84. The van der Waals surface area contributed by atoms with Gasteiger partial charge in [-0.25, -0.2) is 4.98 Å². The van der Waals surface area contributed by atoms with Crippen molar-refractivity contribution in [2.45, 2.75) is 0 Å². The third kappa shape index (κ3) is 2.64. The fourth-order valence-corrected chi connectivity index (χ4v) is 1.47. The SMILES string of the molecule is CNc1cc(Nc2ccc(Cl)cc2)ccn1. The second-order valence-corrected chi connectivity index (χ2v) is 3.75. The van der Waals surface area contributed by atoms with Crippen LogP contribution in [-0.4, -0.2) is 12.0 Å². The number of aromatic nitrogens is 1. The Labute approximate surface area is 99.5 Å². The Morgan fingerprint density at radius 2 is 1.81 bits per heavy atom. The highest BCUT2D eigenvalue weighted by Gasteiger charge is 1.96. The van der Waals surface area contributed by atoms with E-state index < -0.39 is 0 Å². The van der Waals surface area contributed by atoms with Crippen LogP contribution in [0.1, 0.15) is 0 Å². The number of rotatable bonds is 3. The van der Waals surface area contributed by atoms with Crippen LogP contribution in [0.25, 0.3) is 0 Å². The average Bonchev–Trinajstić information content (AvgIpc) is 2.32. The van der Waals surface area contributed by atoms with Crippen molar-refractivity contribution in [1.82, 2.24) is 4.98 Å². The molecule has 1 aromatic heterocycles. The maximum atomic E-state index is 5.81. The summed E-state index contributed by atoms with van der Waals surface area (Å²) >= 11 is 5.81. The van der Waals surface area contributed by atoms with E-state index >= 15 is 0 Å². The van der Waals surface area contributed by atoms with Gasteiger partial charge in [-0.05, 0) is 30.3 Å². The largest absolute Gasteiger partial charge is 0.373 e. The van der Waals surface area contributed by atoms with Crippen molar-refractivity contribution in [2.24, 2.45) is 0 Å². The van der Waals surface area contributed by atoms with Crippen LogP contribution in [0.15, 0.2) is 42.6 Å². The molecule has 0 spiro atoms. The Morgan fingerprint density at radius 1 is 1.06 bits per heavy atom. The minimum atomic E-state index is 0.733. The first-order valence-electron chi connectivity index (χ1n) is 4.94. The maximum Gasteiger partial charge on any atom is 0.127 e. The maximum absolute atomic E-state index is 5.81. The van der Waals surface area contributed by atoms with Gasteiger partial charge in [0.05, 0.1) is 0 Å². The molecule has 2 N–H and O–H groups in total. The van der Waals surface area contributed by atoms with Crippen LogP contribution in [0, 0.1) is 0 Å². The minimum absolute atomic E-state index is 0.733. The number of nitrogens with zero attached hydrogens (tertiary/aromatic N) is 1. The van der Waals surface area contributed by atoms with Crippen LogP contribution in [0.3, 0.4) is 0 Å². The van der Waals surface area contributed by atoms with Gasteiger partial charge < -0.3 is 10.6 Å². The zero-order valence-electron chi connectivity index (χ0n) is 8.87. The van der Waals surface area contributed by atoms with E-state index in [0.29, 0.717) is 0 Å². The lowest BCUT2D eigenvalue weighted by Gasteiger charge is -2.07. The lowest BCUT2D eigenvalue weighted by molar-refractivity contribution is 1.28. The summed E-state index contributed by atoms with van der Waals surface area (Å²) in [4.78, 5) is 4.14. The molecule has 0 saturated heterocycles. The second kappa shape index (κ2) is 4.86. The number of halogens is 1. The molecule has 16 heavy (non-hydrogen) atoms. The highest BCUT2D eigenvalue weighted by Crippen LogP contribution is 2.19. The predicted octanol–water partition coefficient (Wildman–Crippen LogP) is 3.52. The summed E-state index contributed by atoms with van der Waals surface area (Å²) in [5.41, 5.74) is 1.99. The van der Waals surface area contributed by atoms with Gasteiger partial charge in [0.2, 0.25) is 0 Å². The van der Waals surface area contributed by atoms with Gasteiger partial charge in [-0.2, -0.15) is 0 Å². The van der Waals surface area contributed by atoms with Crippen LogP contribution in [0.4, 0.5) is 17.2 Å². The van der Waals surface area contributed by atoms with E-state index in [1.165, 1.54) is 0 Å². The van der Waals surface area contributed by atoms with Crippen LogP contribution >= 0.6 is 11.6 Å². The third-order valence-electron chi connectivity index (χ3n) is 2.15. The Balaban J connectivity index is 2.16. The molecule has 4 heteroatoms. The van der Waals surface area contributed by atoms with Gasteiger partial charge in [0, 0.05) is 35.7 Å². The highest BCUT2D eigenvalue weighted by atomic mass is 35.5. The molecule has 2 aromatic rings. The molecule has 0 unspecified atom stereocenters. The Bertz CT molecular complexity index is 468. The molecule has 0 aliphatic carbocycles. The van der Waals surface area contributed by atoms with E-state index in [2.05, 4.69) is 15.6 Å². The molecule has 0 bridgehead atoms. The van der Waals surface area contributed by atoms with E-state index in [9.17, 15) is 0 Å².